The summed E-state index contributed by atoms with van der Waals surface area (Å²) in [7, 11) is 1.36. The van der Waals surface area contributed by atoms with E-state index in [-0.39, 0.29) is 24.5 Å². The van der Waals surface area contributed by atoms with Crippen LogP contribution in [0.4, 0.5) is 0 Å². The highest BCUT2D eigenvalue weighted by atomic mass is 16.5. The molecule has 0 bridgehead atoms. The summed E-state index contributed by atoms with van der Waals surface area (Å²) in [5.74, 6) is 5.46. The first-order valence-electron chi connectivity index (χ1n) is 7.14. The van der Waals surface area contributed by atoms with Gasteiger partial charge in [-0.2, -0.15) is 0 Å². The summed E-state index contributed by atoms with van der Waals surface area (Å²) in [5.41, 5.74) is 1.24. The molecule has 1 aromatic carbocycles. The lowest BCUT2D eigenvalue weighted by atomic mass is 10.1. The second-order valence-corrected chi connectivity index (χ2v) is 4.87. The number of amides is 1. The topological polar surface area (TPSA) is 75.6 Å². The first kappa shape index (κ1) is 17.7. The van der Waals surface area contributed by atoms with Crippen LogP contribution >= 0.6 is 0 Å². The Morgan fingerprint density at radius 2 is 2.18 bits per heavy atom. The SMILES string of the molecule is COC(=O)CCCC#Cc1cccc(C(=O)NC(C)CO)c1. The van der Waals surface area contributed by atoms with Crippen molar-refractivity contribution in [3.8, 4) is 11.8 Å². The van der Waals surface area contributed by atoms with Crippen molar-refractivity contribution >= 4 is 11.9 Å². The van der Waals surface area contributed by atoms with Crippen LogP contribution in [0, 0.1) is 11.8 Å². The molecule has 1 unspecified atom stereocenters. The summed E-state index contributed by atoms with van der Waals surface area (Å²) >= 11 is 0. The van der Waals surface area contributed by atoms with E-state index in [1.54, 1.807) is 25.1 Å². The minimum absolute atomic E-state index is 0.106. The zero-order valence-corrected chi connectivity index (χ0v) is 12.9. The first-order chi connectivity index (χ1) is 10.6. The number of carbonyl (C=O) groups is 2. The molecule has 22 heavy (non-hydrogen) atoms. The van der Waals surface area contributed by atoms with Gasteiger partial charge in [0.1, 0.15) is 0 Å². The molecule has 1 rings (SSSR count). The largest absolute Gasteiger partial charge is 0.469 e. The van der Waals surface area contributed by atoms with Crippen LogP contribution in [-0.2, 0) is 9.53 Å². The number of ether oxygens (including phenoxy) is 1. The number of carbonyl (C=O) groups excluding carboxylic acids is 2. The van der Waals surface area contributed by atoms with Gasteiger partial charge >= 0.3 is 5.97 Å². The minimum Gasteiger partial charge on any atom is -0.469 e. The van der Waals surface area contributed by atoms with Crippen molar-refractivity contribution in [2.45, 2.75) is 32.2 Å². The molecule has 1 amide bonds. The zero-order valence-electron chi connectivity index (χ0n) is 12.9. The second-order valence-electron chi connectivity index (χ2n) is 4.87. The van der Waals surface area contributed by atoms with Crippen LogP contribution in [-0.4, -0.2) is 36.7 Å². The van der Waals surface area contributed by atoms with E-state index in [2.05, 4.69) is 21.9 Å². The molecule has 2 N–H and O–H groups in total. The predicted octanol–water partition coefficient (Wildman–Crippen LogP) is 1.49. The van der Waals surface area contributed by atoms with E-state index >= 15 is 0 Å². The molecule has 0 spiro atoms. The van der Waals surface area contributed by atoms with Gasteiger partial charge in [-0.05, 0) is 31.5 Å². The highest BCUT2D eigenvalue weighted by molar-refractivity contribution is 5.94. The number of methoxy groups -OCH3 is 1. The van der Waals surface area contributed by atoms with Gasteiger partial charge in [-0.15, -0.1) is 0 Å². The maximum atomic E-state index is 11.9. The van der Waals surface area contributed by atoms with E-state index in [4.69, 9.17) is 5.11 Å². The Bertz CT molecular complexity index is 572. The quantitative estimate of drug-likeness (QED) is 0.474. The van der Waals surface area contributed by atoms with E-state index in [0.717, 1.165) is 5.56 Å². The highest BCUT2D eigenvalue weighted by Crippen LogP contribution is 2.05. The Morgan fingerprint density at radius 1 is 1.41 bits per heavy atom. The van der Waals surface area contributed by atoms with Gasteiger partial charge < -0.3 is 15.2 Å². The number of benzene rings is 1. The molecule has 1 atom stereocenters. The lowest BCUT2D eigenvalue weighted by Gasteiger charge is -2.10. The summed E-state index contributed by atoms with van der Waals surface area (Å²) in [4.78, 5) is 22.9. The molecule has 0 fully saturated rings. The van der Waals surface area contributed by atoms with Crippen molar-refractivity contribution < 1.29 is 19.4 Å². The van der Waals surface area contributed by atoms with E-state index < -0.39 is 0 Å². The number of rotatable bonds is 6. The summed E-state index contributed by atoms with van der Waals surface area (Å²) in [5, 5.41) is 11.6. The van der Waals surface area contributed by atoms with Gasteiger partial charge in [-0.3, -0.25) is 9.59 Å². The van der Waals surface area contributed by atoms with E-state index in [9.17, 15) is 9.59 Å². The van der Waals surface area contributed by atoms with Crippen LogP contribution in [0.1, 0.15) is 42.1 Å². The van der Waals surface area contributed by atoms with Crippen LogP contribution in [0.2, 0.25) is 0 Å². The van der Waals surface area contributed by atoms with Crippen molar-refractivity contribution in [1.29, 1.82) is 0 Å². The normalized spacial score (nSPS) is 11.0. The van der Waals surface area contributed by atoms with Gasteiger partial charge in [-0.25, -0.2) is 0 Å². The number of hydrogen-bond donors (Lipinski definition) is 2. The van der Waals surface area contributed by atoms with Gasteiger partial charge in [0.2, 0.25) is 0 Å². The second kappa shape index (κ2) is 9.59. The molecular weight excluding hydrogens is 282 g/mol. The van der Waals surface area contributed by atoms with Crippen molar-refractivity contribution in [2.75, 3.05) is 13.7 Å². The maximum absolute atomic E-state index is 11.9. The van der Waals surface area contributed by atoms with Crippen LogP contribution < -0.4 is 5.32 Å². The molecule has 0 saturated heterocycles. The van der Waals surface area contributed by atoms with E-state index in [1.165, 1.54) is 7.11 Å². The van der Waals surface area contributed by atoms with Crippen molar-refractivity contribution in [2.24, 2.45) is 0 Å². The van der Waals surface area contributed by atoms with Crippen molar-refractivity contribution in [3.05, 3.63) is 35.4 Å². The fourth-order valence-electron chi connectivity index (χ4n) is 1.68. The smallest absolute Gasteiger partial charge is 0.305 e. The average molecular weight is 303 g/mol. The van der Waals surface area contributed by atoms with Crippen LogP contribution in [0.25, 0.3) is 0 Å². The van der Waals surface area contributed by atoms with Gasteiger partial charge in [0.25, 0.3) is 5.91 Å². The number of aliphatic hydroxyl groups is 1. The zero-order chi connectivity index (χ0) is 16.4. The summed E-state index contributed by atoms with van der Waals surface area (Å²) in [6.07, 6.45) is 1.59. The Morgan fingerprint density at radius 3 is 2.86 bits per heavy atom. The standard InChI is InChI=1S/C17H21NO4/c1-13(12-19)18-17(21)15-9-6-8-14(11-15)7-4-3-5-10-16(20)22-2/h6,8-9,11,13,19H,3,5,10,12H2,1-2H3,(H,18,21). The predicted molar refractivity (Wildman–Crippen MR) is 83.2 cm³/mol. The summed E-state index contributed by atoms with van der Waals surface area (Å²) in [6, 6.07) is 6.69. The third-order valence-electron chi connectivity index (χ3n) is 2.92. The van der Waals surface area contributed by atoms with Crippen molar-refractivity contribution in [3.63, 3.8) is 0 Å². The average Bonchev–Trinajstić information content (AvgIpc) is 2.54. The van der Waals surface area contributed by atoms with E-state index in [0.29, 0.717) is 24.8 Å². The molecule has 118 valence electrons. The molecule has 5 nitrogen and oxygen atoms in total. The molecule has 0 aliphatic heterocycles. The number of hydrogen-bond acceptors (Lipinski definition) is 4. The first-order valence-corrected chi connectivity index (χ1v) is 7.14. The van der Waals surface area contributed by atoms with Gasteiger partial charge in [0, 0.05) is 30.0 Å². The molecule has 0 saturated carbocycles. The fraction of sp³-hybridized carbons (Fsp3) is 0.412. The summed E-state index contributed by atoms with van der Waals surface area (Å²) in [6.45, 7) is 1.62. The number of aliphatic hydroxyl groups excluding tert-OH is 1. The van der Waals surface area contributed by atoms with Crippen LogP contribution in [0.3, 0.4) is 0 Å². The fourth-order valence-corrected chi connectivity index (χ4v) is 1.68. The number of nitrogens with one attached hydrogen (secondary N) is 1. The molecule has 0 aliphatic rings. The number of unbranched alkanes of at least 4 members (excludes halogenated alkanes) is 1. The maximum Gasteiger partial charge on any atom is 0.305 e. The lowest BCUT2D eigenvalue weighted by Crippen LogP contribution is -2.34. The van der Waals surface area contributed by atoms with Gasteiger partial charge in [0.15, 0.2) is 0 Å². The third-order valence-corrected chi connectivity index (χ3v) is 2.92. The monoisotopic (exact) mass is 303 g/mol. The molecule has 0 radical (unpaired) electrons. The Hall–Kier alpha value is -2.32. The van der Waals surface area contributed by atoms with E-state index in [1.807, 2.05) is 6.07 Å². The molecule has 1 aromatic rings. The van der Waals surface area contributed by atoms with Gasteiger partial charge in [-0.1, -0.05) is 17.9 Å². The third kappa shape index (κ3) is 6.42. The molecule has 5 heteroatoms. The Labute approximate surface area is 130 Å². The molecule has 0 heterocycles. The van der Waals surface area contributed by atoms with Crippen LogP contribution in [0.15, 0.2) is 24.3 Å². The Balaban J connectivity index is 2.57. The van der Waals surface area contributed by atoms with Crippen LogP contribution in [0.5, 0.6) is 0 Å². The Kier molecular flexibility index (Phi) is 7.73. The van der Waals surface area contributed by atoms with Crippen molar-refractivity contribution in [1.82, 2.24) is 5.32 Å². The minimum atomic E-state index is -0.291. The highest BCUT2D eigenvalue weighted by Gasteiger charge is 2.08. The van der Waals surface area contributed by atoms with Gasteiger partial charge in [0.05, 0.1) is 13.7 Å². The molecule has 0 aliphatic carbocycles. The molecular formula is C17H21NO4. The molecule has 0 aromatic heterocycles. The number of esters is 1. The lowest BCUT2D eigenvalue weighted by molar-refractivity contribution is -0.140. The summed E-state index contributed by atoms with van der Waals surface area (Å²) < 4.78 is 4.55.